The van der Waals surface area contributed by atoms with Crippen molar-refractivity contribution in [3.05, 3.63) is 28.7 Å². The molecule has 6 nitrogen and oxygen atoms in total. The fourth-order valence-corrected chi connectivity index (χ4v) is 4.31. The maximum atomic E-state index is 12.6. The number of nitrogens with one attached hydrogen (secondary N) is 2. The third kappa shape index (κ3) is 2.27. The number of piperidine rings is 1. The normalized spacial score (nSPS) is 21.4. The summed E-state index contributed by atoms with van der Waals surface area (Å²) in [5.74, 6) is 0.384. The van der Waals surface area contributed by atoms with Crippen LogP contribution in [0.2, 0.25) is 0 Å². The van der Waals surface area contributed by atoms with E-state index < -0.39 is 10.0 Å². The molecule has 1 saturated heterocycles. The molecule has 2 aromatic rings. The van der Waals surface area contributed by atoms with Gasteiger partial charge in [-0.05, 0) is 37.0 Å². The molecule has 1 aromatic carbocycles. The average molecular weight is 295 g/mol. The number of benzene rings is 1. The van der Waals surface area contributed by atoms with Crippen LogP contribution in [0.25, 0.3) is 11.0 Å². The van der Waals surface area contributed by atoms with E-state index in [2.05, 4.69) is 16.9 Å². The minimum absolute atomic E-state index is 0.231. The van der Waals surface area contributed by atoms with Gasteiger partial charge in [0.25, 0.3) is 0 Å². The number of aromatic amines is 2. The minimum atomic E-state index is -3.48. The van der Waals surface area contributed by atoms with Crippen LogP contribution in [0.5, 0.6) is 0 Å². The molecule has 0 aliphatic carbocycles. The van der Waals surface area contributed by atoms with Gasteiger partial charge in [0.15, 0.2) is 0 Å². The molecule has 3 rings (SSSR count). The van der Waals surface area contributed by atoms with Crippen LogP contribution in [0.4, 0.5) is 0 Å². The highest BCUT2D eigenvalue weighted by molar-refractivity contribution is 7.89. The average Bonchev–Trinajstić information content (AvgIpc) is 2.77. The van der Waals surface area contributed by atoms with Gasteiger partial charge in [-0.25, -0.2) is 13.2 Å². The SMILES string of the molecule is C[C@H]1CCCN(S(=O)(=O)c2ccc3[nH]c(=O)[nH]c3c2)C1. The number of hydrogen-bond acceptors (Lipinski definition) is 3. The lowest BCUT2D eigenvalue weighted by Crippen LogP contribution is -2.39. The number of rotatable bonds is 2. The van der Waals surface area contributed by atoms with Gasteiger partial charge in [-0.1, -0.05) is 6.92 Å². The molecule has 7 heteroatoms. The van der Waals surface area contributed by atoms with Crippen molar-refractivity contribution in [2.75, 3.05) is 13.1 Å². The van der Waals surface area contributed by atoms with Gasteiger partial charge >= 0.3 is 5.69 Å². The Bertz CT molecular complexity index is 791. The predicted molar refractivity (Wildman–Crippen MR) is 76.1 cm³/mol. The van der Waals surface area contributed by atoms with Gasteiger partial charge in [0, 0.05) is 13.1 Å². The molecule has 0 amide bonds. The highest BCUT2D eigenvalue weighted by Crippen LogP contribution is 2.24. The number of H-pyrrole nitrogens is 2. The van der Waals surface area contributed by atoms with Crippen LogP contribution in [0.3, 0.4) is 0 Å². The van der Waals surface area contributed by atoms with Gasteiger partial charge in [0.2, 0.25) is 10.0 Å². The number of hydrogen-bond donors (Lipinski definition) is 2. The third-order valence-electron chi connectivity index (χ3n) is 3.74. The Hall–Kier alpha value is -1.60. The fraction of sp³-hybridized carbons (Fsp3) is 0.462. The minimum Gasteiger partial charge on any atom is -0.306 e. The van der Waals surface area contributed by atoms with Crippen LogP contribution < -0.4 is 5.69 Å². The second kappa shape index (κ2) is 4.75. The maximum Gasteiger partial charge on any atom is 0.323 e. The van der Waals surface area contributed by atoms with Crippen molar-refractivity contribution < 1.29 is 8.42 Å². The summed E-state index contributed by atoms with van der Waals surface area (Å²) in [7, 11) is -3.48. The van der Waals surface area contributed by atoms with E-state index in [1.807, 2.05) is 0 Å². The Labute approximate surface area is 116 Å². The quantitative estimate of drug-likeness (QED) is 0.875. The van der Waals surface area contributed by atoms with Gasteiger partial charge in [0.05, 0.1) is 15.9 Å². The molecule has 108 valence electrons. The van der Waals surface area contributed by atoms with Gasteiger partial charge in [0.1, 0.15) is 0 Å². The molecule has 2 heterocycles. The number of fused-ring (bicyclic) bond motifs is 1. The first-order valence-electron chi connectivity index (χ1n) is 6.69. The zero-order chi connectivity index (χ0) is 14.3. The van der Waals surface area contributed by atoms with Gasteiger partial charge in [-0.15, -0.1) is 0 Å². The third-order valence-corrected chi connectivity index (χ3v) is 5.61. The summed E-state index contributed by atoms with van der Waals surface area (Å²) in [6, 6.07) is 4.68. The first kappa shape index (κ1) is 13.4. The Morgan fingerprint density at radius 2 is 2.00 bits per heavy atom. The van der Waals surface area contributed by atoms with Crippen LogP contribution in [-0.2, 0) is 10.0 Å². The number of aromatic nitrogens is 2. The lowest BCUT2D eigenvalue weighted by Gasteiger charge is -2.30. The number of sulfonamides is 1. The standard InChI is InChI=1S/C13H17N3O3S/c1-9-3-2-6-16(8-9)20(18,19)10-4-5-11-12(7-10)15-13(17)14-11/h4-5,7,9H,2-3,6,8H2,1H3,(H2,14,15,17)/t9-/m0/s1. The van der Waals surface area contributed by atoms with Crippen molar-refractivity contribution in [1.29, 1.82) is 0 Å². The fourth-order valence-electron chi connectivity index (χ4n) is 2.69. The topological polar surface area (TPSA) is 86.0 Å². The molecule has 1 aromatic heterocycles. The molecule has 0 bridgehead atoms. The van der Waals surface area contributed by atoms with Crippen molar-refractivity contribution in [3.63, 3.8) is 0 Å². The molecule has 1 atom stereocenters. The molecular formula is C13H17N3O3S. The van der Waals surface area contributed by atoms with Crippen molar-refractivity contribution in [2.24, 2.45) is 5.92 Å². The molecule has 2 N–H and O–H groups in total. The monoisotopic (exact) mass is 295 g/mol. The molecule has 20 heavy (non-hydrogen) atoms. The smallest absolute Gasteiger partial charge is 0.306 e. The lowest BCUT2D eigenvalue weighted by molar-refractivity contribution is 0.281. The molecule has 0 unspecified atom stereocenters. The summed E-state index contributed by atoms with van der Waals surface area (Å²) in [6.07, 6.45) is 1.96. The van der Waals surface area contributed by atoms with E-state index in [9.17, 15) is 13.2 Å². The summed E-state index contributed by atoms with van der Waals surface area (Å²) in [6.45, 7) is 3.19. The second-order valence-corrected chi connectivity index (χ2v) is 7.33. The van der Waals surface area contributed by atoms with Crippen LogP contribution >= 0.6 is 0 Å². The first-order valence-corrected chi connectivity index (χ1v) is 8.13. The summed E-state index contributed by atoms with van der Waals surface area (Å²) in [5, 5.41) is 0. The van der Waals surface area contributed by atoms with E-state index in [4.69, 9.17) is 0 Å². The zero-order valence-electron chi connectivity index (χ0n) is 11.2. The predicted octanol–water partition coefficient (Wildman–Crippen LogP) is 1.28. The molecular weight excluding hydrogens is 278 g/mol. The van der Waals surface area contributed by atoms with Crippen LogP contribution in [-0.4, -0.2) is 35.8 Å². The van der Waals surface area contributed by atoms with E-state index in [1.165, 1.54) is 10.4 Å². The van der Waals surface area contributed by atoms with Crippen LogP contribution in [0.15, 0.2) is 27.9 Å². The molecule has 0 spiro atoms. The summed E-state index contributed by atoms with van der Waals surface area (Å²) < 4.78 is 26.7. The Balaban J connectivity index is 2.01. The molecule has 1 fully saturated rings. The van der Waals surface area contributed by atoms with Crippen molar-refractivity contribution in [3.8, 4) is 0 Å². The molecule has 1 aliphatic rings. The van der Waals surface area contributed by atoms with Gasteiger partial charge < -0.3 is 9.97 Å². The summed E-state index contributed by atoms with van der Waals surface area (Å²) in [4.78, 5) is 16.6. The Morgan fingerprint density at radius 3 is 2.75 bits per heavy atom. The molecule has 1 aliphatic heterocycles. The van der Waals surface area contributed by atoms with Crippen molar-refractivity contribution in [1.82, 2.24) is 14.3 Å². The van der Waals surface area contributed by atoms with Crippen LogP contribution in [0.1, 0.15) is 19.8 Å². The summed E-state index contributed by atoms with van der Waals surface area (Å²) in [5.41, 5.74) is 0.795. The van der Waals surface area contributed by atoms with Crippen molar-refractivity contribution in [2.45, 2.75) is 24.7 Å². The van der Waals surface area contributed by atoms with Gasteiger partial charge in [-0.3, -0.25) is 0 Å². The highest BCUT2D eigenvalue weighted by Gasteiger charge is 2.28. The van der Waals surface area contributed by atoms with E-state index in [0.29, 0.717) is 30.0 Å². The highest BCUT2D eigenvalue weighted by atomic mass is 32.2. The Kier molecular flexibility index (Phi) is 3.18. The summed E-state index contributed by atoms with van der Waals surface area (Å²) >= 11 is 0. The van der Waals surface area contributed by atoms with E-state index >= 15 is 0 Å². The molecule has 0 radical (unpaired) electrons. The zero-order valence-corrected chi connectivity index (χ0v) is 12.0. The van der Waals surface area contributed by atoms with Crippen molar-refractivity contribution >= 4 is 21.1 Å². The van der Waals surface area contributed by atoms with E-state index in [0.717, 1.165) is 12.8 Å². The first-order chi connectivity index (χ1) is 9.46. The lowest BCUT2D eigenvalue weighted by atomic mass is 10.0. The van der Waals surface area contributed by atoms with Crippen LogP contribution in [0, 0.1) is 5.92 Å². The Morgan fingerprint density at radius 1 is 1.25 bits per heavy atom. The largest absolute Gasteiger partial charge is 0.323 e. The maximum absolute atomic E-state index is 12.6. The van der Waals surface area contributed by atoms with E-state index in [1.54, 1.807) is 12.1 Å². The molecule has 0 saturated carbocycles. The van der Waals surface area contributed by atoms with Gasteiger partial charge in [-0.2, -0.15) is 4.31 Å². The number of imidazole rings is 1. The second-order valence-electron chi connectivity index (χ2n) is 5.40. The number of nitrogens with zero attached hydrogens (tertiary/aromatic N) is 1. The van der Waals surface area contributed by atoms with E-state index in [-0.39, 0.29) is 10.6 Å².